The van der Waals surface area contributed by atoms with Gasteiger partial charge in [-0.05, 0) is 61.3 Å². The van der Waals surface area contributed by atoms with Gasteiger partial charge in [-0.3, -0.25) is 4.90 Å². The normalized spacial score (nSPS) is 17.9. The molecule has 2 aromatic heterocycles. The summed E-state index contributed by atoms with van der Waals surface area (Å²) in [5.74, 6) is 2.13. The molecular formula is C25H24ClN5O2. The summed E-state index contributed by atoms with van der Waals surface area (Å²) >= 11 is 6.51. The maximum atomic E-state index is 8.92. The Labute approximate surface area is 197 Å². The summed E-state index contributed by atoms with van der Waals surface area (Å²) in [6, 6.07) is 15.8. The SMILES string of the molecule is N#Cc1ccc(Nc2cccc([C@@H]3CCCN3Cc3cc(Cl)c4c(c3)OCCCO4)n2)cn1. The van der Waals surface area contributed by atoms with E-state index in [0.29, 0.717) is 29.7 Å². The maximum Gasteiger partial charge on any atom is 0.179 e. The number of likely N-dealkylation sites (tertiary alicyclic amines) is 1. The second-order valence-corrected chi connectivity index (χ2v) is 8.61. The van der Waals surface area contributed by atoms with Crippen molar-refractivity contribution in [2.24, 2.45) is 0 Å². The Morgan fingerprint density at radius 3 is 2.91 bits per heavy atom. The summed E-state index contributed by atoms with van der Waals surface area (Å²) < 4.78 is 11.6. The Hall–Kier alpha value is -3.34. The molecule has 0 spiro atoms. The van der Waals surface area contributed by atoms with Crippen LogP contribution in [-0.4, -0.2) is 34.6 Å². The van der Waals surface area contributed by atoms with Crippen molar-refractivity contribution in [2.75, 3.05) is 25.1 Å². The predicted octanol–water partition coefficient (Wildman–Crippen LogP) is 5.24. The van der Waals surface area contributed by atoms with E-state index in [1.165, 1.54) is 0 Å². The molecule has 168 valence electrons. The fourth-order valence-corrected chi connectivity index (χ4v) is 4.64. The van der Waals surface area contributed by atoms with Crippen molar-refractivity contribution >= 4 is 23.1 Å². The molecule has 1 atom stereocenters. The first kappa shape index (κ1) is 21.5. The van der Waals surface area contributed by atoms with Gasteiger partial charge in [0.25, 0.3) is 0 Å². The molecule has 5 rings (SSSR count). The molecule has 33 heavy (non-hydrogen) atoms. The zero-order chi connectivity index (χ0) is 22.6. The third-order valence-electron chi connectivity index (χ3n) is 5.87. The molecule has 0 radical (unpaired) electrons. The third kappa shape index (κ3) is 4.87. The molecule has 1 N–H and O–H groups in total. The third-order valence-corrected chi connectivity index (χ3v) is 6.15. The monoisotopic (exact) mass is 461 g/mol. The van der Waals surface area contributed by atoms with Gasteiger partial charge in [0.1, 0.15) is 17.6 Å². The number of nitrogens with zero attached hydrogens (tertiary/aromatic N) is 4. The van der Waals surface area contributed by atoms with Crippen molar-refractivity contribution in [2.45, 2.75) is 31.8 Å². The number of pyridine rings is 2. The van der Waals surface area contributed by atoms with E-state index in [4.69, 9.17) is 31.3 Å². The zero-order valence-corrected chi connectivity index (χ0v) is 18.9. The minimum Gasteiger partial charge on any atom is -0.489 e. The van der Waals surface area contributed by atoms with Gasteiger partial charge >= 0.3 is 0 Å². The van der Waals surface area contributed by atoms with Crippen molar-refractivity contribution in [3.05, 3.63) is 70.6 Å². The van der Waals surface area contributed by atoms with E-state index in [9.17, 15) is 0 Å². The Kier molecular flexibility index (Phi) is 6.29. The van der Waals surface area contributed by atoms with Crippen molar-refractivity contribution in [1.82, 2.24) is 14.9 Å². The summed E-state index contributed by atoms with van der Waals surface area (Å²) in [6.45, 7) is 3.02. The second kappa shape index (κ2) is 9.65. The summed E-state index contributed by atoms with van der Waals surface area (Å²) in [7, 11) is 0. The highest BCUT2D eigenvalue weighted by Gasteiger charge is 2.28. The summed E-state index contributed by atoms with van der Waals surface area (Å²) in [5.41, 5.74) is 3.32. The van der Waals surface area contributed by atoms with E-state index in [-0.39, 0.29) is 6.04 Å². The van der Waals surface area contributed by atoms with Crippen LogP contribution in [0.15, 0.2) is 48.7 Å². The first-order valence-electron chi connectivity index (χ1n) is 11.1. The highest BCUT2D eigenvalue weighted by Crippen LogP contribution is 2.40. The van der Waals surface area contributed by atoms with Gasteiger partial charge in [0, 0.05) is 13.0 Å². The second-order valence-electron chi connectivity index (χ2n) is 8.20. The average Bonchev–Trinajstić information content (AvgIpc) is 3.15. The molecule has 8 heteroatoms. The number of fused-ring (bicyclic) bond motifs is 1. The van der Waals surface area contributed by atoms with Gasteiger partial charge in [-0.15, -0.1) is 0 Å². The van der Waals surface area contributed by atoms with Crippen LogP contribution in [0.3, 0.4) is 0 Å². The molecule has 0 amide bonds. The average molecular weight is 462 g/mol. The molecule has 3 aromatic rings. The number of nitrogens with one attached hydrogen (secondary N) is 1. The lowest BCUT2D eigenvalue weighted by Crippen LogP contribution is -2.23. The quantitative estimate of drug-likeness (QED) is 0.556. The molecule has 1 aromatic carbocycles. The number of anilines is 2. The van der Waals surface area contributed by atoms with Gasteiger partial charge in [0.05, 0.1) is 41.9 Å². The van der Waals surface area contributed by atoms with Crippen LogP contribution in [0, 0.1) is 11.3 Å². The van der Waals surface area contributed by atoms with Crippen molar-refractivity contribution in [1.29, 1.82) is 5.26 Å². The van der Waals surface area contributed by atoms with E-state index in [0.717, 1.165) is 60.9 Å². The number of nitriles is 1. The van der Waals surface area contributed by atoms with Gasteiger partial charge in [-0.2, -0.15) is 5.26 Å². The summed E-state index contributed by atoms with van der Waals surface area (Å²) in [6.07, 6.45) is 4.65. The van der Waals surface area contributed by atoms with Gasteiger partial charge in [-0.25, -0.2) is 9.97 Å². The topological polar surface area (TPSA) is 83.3 Å². The number of ether oxygens (including phenoxy) is 2. The van der Waals surface area contributed by atoms with Crippen LogP contribution in [0.1, 0.15) is 42.3 Å². The Morgan fingerprint density at radius 2 is 2.06 bits per heavy atom. The number of hydrogen-bond acceptors (Lipinski definition) is 7. The fraction of sp³-hybridized carbons (Fsp3) is 0.320. The molecular weight excluding hydrogens is 438 g/mol. The molecule has 1 saturated heterocycles. The Balaban J connectivity index is 1.33. The van der Waals surface area contributed by atoms with Gasteiger partial charge < -0.3 is 14.8 Å². The highest BCUT2D eigenvalue weighted by atomic mass is 35.5. The summed E-state index contributed by atoms with van der Waals surface area (Å²) in [4.78, 5) is 11.4. The lowest BCUT2D eigenvalue weighted by atomic mass is 10.1. The van der Waals surface area contributed by atoms with E-state index in [1.54, 1.807) is 12.3 Å². The minimum atomic E-state index is 0.223. The maximum absolute atomic E-state index is 8.92. The van der Waals surface area contributed by atoms with Crippen LogP contribution in [0.2, 0.25) is 5.02 Å². The molecule has 2 aliphatic heterocycles. The Morgan fingerprint density at radius 1 is 1.15 bits per heavy atom. The van der Waals surface area contributed by atoms with Gasteiger partial charge in [-0.1, -0.05) is 17.7 Å². The fourth-order valence-electron chi connectivity index (χ4n) is 4.35. The van der Waals surface area contributed by atoms with Crippen LogP contribution in [0.25, 0.3) is 0 Å². The van der Waals surface area contributed by atoms with E-state index < -0.39 is 0 Å². The molecule has 0 saturated carbocycles. The lowest BCUT2D eigenvalue weighted by molar-refractivity contribution is 0.244. The highest BCUT2D eigenvalue weighted by molar-refractivity contribution is 6.32. The van der Waals surface area contributed by atoms with Crippen LogP contribution < -0.4 is 14.8 Å². The van der Waals surface area contributed by atoms with E-state index in [2.05, 4.69) is 21.3 Å². The zero-order valence-electron chi connectivity index (χ0n) is 18.1. The predicted molar refractivity (Wildman–Crippen MR) is 126 cm³/mol. The molecule has 0 aliphatic carbocycles. The first-order valence-corrected chi connectivity index (χ1v) is 11.5. The smallest absolute Gasteiger partial charge is 0.179 e. The van der Waals surface area contributed by atoms with Crippen LogP contribution >= 0.6 is 11.6 Å². The van der Waals surface area contributed by atoms with Crippen molar-refractivity contribution in [3.63, 3.8) is 0 Å². The Bertz CT molecular complexity index is 1180. The minimum absolute atomic E-state index is 0.223. The summed E-state index contributed by atoms with van der Waals surface area (Å²) in [5, 5.41) is 12.8. The number of aromatic nitrogens is 2. The van der Waals surface area contributed by atoms with Gasteiger partial charge in [0.2, 0.25) is 0 Å². The molecule has 0 unspecified atom stereocenters. The number of hydrogen-bond donors (Lipinski definition) is 1. The number of benzene rings is 1. The van der Waals surface area contributed by atoms with Crippen LogP contribution in [-0.2, 0) is 6.54 Å². The molecule has 1 fully saturated rings. The largest absolute Gasteiger partial charge is 0.489 e. The standard InChI is InChI=1S/C25H24ClN5O2/c26-20-12-17(13-23-25(20)33-11-3-10-32-23)16-31-9-2-5-22(31)21-4-1-6-24(30-21)29-19-8-7-18(14-27)28-15-19/h1,4,6-8,12-13,15,22H,2-3,5,9-11,16H2,(H,29,30)/t22-/m0/s1. The molecule has 2 aliphatic rings. The first-order chi connectivity index (χ1) is 16.2. The van der Waals surface area contributed by atoms with E-state index >= 15 is 0 Å². The number of rotatable bonds is 5. The number of halogens is 1. The van der Waals surface area contributed by atoms with Crippen molar-refractivity contribution in [3.8, 4) is 17.6 Å². The van der Waals surface area contributed by atoms with E-state index in [1.807, 2.05) is 36.4 Å². The van der Waals surface area contributed by atoms with Crippen LogP contribution in [0.4, 0.5) is 11.5 Å². The van der Waals surface area contributed by atoms with Crippen LogP contribution in [0.5, 0.6) is 11.5 Å². The molecule has 0 bridgehead atoms. The molecule has 7 nitrogen and oxygen atoms in total. The lowest BCUT2D eigenvalue weighted by Gasteiger charge is -2.25. The molecule has 4 heterocycles. The van der Waals surface area contributed by atoms with Crippen molar-refractivity contribution < 1.29 is 9.47 Å². The van der Waals surface area contributed by atoms with Gasteiger partial charge in [0.15, 0.2) is 11.5 Å².